The van der Waals surface area contributed by atoms with E-state index in [1.54, 1.807) is 12.1 Å². The lowest BCUT2D eigenvalue weighted by Crippen LogP contribution is -2.32. The first-order valence-corrected chi connectivity index (χ1v) is 7.34. The van der Waals surface area contributed by atoms with Crippen molar-refractivity contribution in [3.8, 4) is 16.5 Å². The van der Waals surface area contributed by atoms with Gasteiger partial charge in [-0.05, 0) is 35.9 Å². The van der Waals surface area contributed by atoms with Crippen molar-refractivity contribution in [2.75, 3.05) is 0 Å². The van der Waals surface area contributed by atoms with Crippen LogP contribution in [0.2, 0.25) is 0 Å². The van der Waals surface area contributed by atoms with Crippen molar-refractivity contribution >= 4 is 11.3 Å². The molecule has 0 amide bonds. The Bertz CT molecular complexity index is 765. The van der Waals surface area contributed by atoms with E-state index in [-0.39, 0.29) is 11.6 Å². The Kier molecular flexibility index (Phi) is 4.08. The molecule has 1 aliphatic heterocycles. The molecule has 1 aromatic carbocycles. The fourth-order valence-corrected chi connectivity index (χ4v) is 3.36. The topological polar surface area (TPSA) is 59.9 Å². The molecule has 0 spiro atoms. The molecule has 4 nitrogen and oxygen atoms in total. The summed E-state index contributed by atoms with van der Waals surface area (Å²) in [6.07, 6.45) is -4.61. The number of benzene rings is 1. The van der Waals surface area contributed by atoms with E-state index in [4.69, 9.17) is 5.26 Å². The van der Waals surface area contributed by atoms with Gasteiger partial charge in [0.25, 0.3) is 0 Å². The molecule has 0 bridgehead atoms. The lowest BCUT2D eigenvalue weighted by molar-refractivity contribution is -0.137. The van der Waals surface area contributed by atoms with E-state index in [0.29, 0.717) is 10.9 Å². The number of nitrogens with zero attached hydrogens (tertiary/aromatic N) is 1. The predicted molar refractivity (Wildman–Crippen MR) is 76.3 cm³/mol. The van der Waals surface area contributed by atoms with E-state index in [0.717, 1.165) is 17.0 Å². The van der Waals surface area contributed by atoms with Crippen LogP contribution in [0.15, 0.2) is 30.3 Å². The largest absolute Gasteiger partial charge is 0.416 e. The van der Waals surface area contributed by atoms with Crippen LogP contribution in [0.4, 0.5) is 17.6 Å². The number of nitriles is 1. The van der Waals surface area contributed by atoms with Crippen molar-refractivity contribution in [2.45, 2.75) is 18.3 Å². The van der Waals surface area contributed by atoms with Gasteiger partial charge in [0, 0.05) is 9.75 Å². The molecule has 9 heteroatoms. The first-order valence-electron chi connectivity index (χ1n) is 6.52. The normalized spacial score (nSPS) is 21.3. The van der Waals surface area contributed by atoms with E-state index in [1.807, 2.05) is 0 Å². The van der Waals surface area contributed by atoms with E-state index in [2.05, 4.69) is 22.5 Å². The zero-order valence-electron chi connectivity index (χ0n) is 11.4. The summed E-state index contributed by atoms with van der Waals surface area (Å²) in [5.41, 5.74) is 7.34. The maximum absolute atomic E-state index is 13.5. The van der Waals surface area contributed by atoms with Gasteiger partial charge in [0.1, 0.15) is 11.9 Å². The van der Waals surface area contributed by atoms with Crippen LogP contribution in [0.3, 0.4) is 0 Å². The molecule has 0 saturated carbocycles. The number of halogens is 4. The summed E-state index contributed by atoms with van der Waals surface area (Å²) in [5, 5.41) is 9.02. The van der Waals surface area contributed by atoms with Crippen LogP contribution in [-0.4, -0.2) is 6.04 Å². The van der Waals surface area contributed by atoms with E-state index in [9.17, 15) is 17.6 Å². The number of rotatable bonds is 2. The van der Waals surface area contributed by atoms with Gasteiger partial charge in [-0.25, -0.2) is 15.2 Å². The van der Waals surface area contributed by atoms with Crippen LogP contribution in [0.1, 0.15) is 16.5 Å². The van der Waals surface area contributed by atoms with Gasteiger partial charge in [-0.2, -0.15) is 24.0 Å². The average Bonchev–Trinajstić information content (AvgIpc) is 3.14. The predicted octanol–water partition coefficient (Wildman–Crippen LogP) is 3.12. The first kappa shape index (κ1) is 15.9. The van der Waals surface area contributed by atoms with Gasteiger partial charge in [0.05, 0.1) is 17.7 Å². The second-order valence-electron chi connectivity index (χ2n) is 4.93. The SMILES string of the molecule is N#CC1NNNC1c1ccc(-c2cc(F)cc(C(F)(F)F)c2)s1. The van der Waals surface area contributed by atoms with Crippen molar-refractivity contribution < 1.29 is 17.6 Å². The molecule has 23 heavy (non-hydrogen) atoms. The Morgan fingerprint density at radius 3 is 2.61 bits per heavy atom. The minimum Gasteiger partial charge on any atom is -0.233 e. The Morgan fingerprint density at radius 2 is 1.91 bits per heavy atom. The minimum absolute atomic E-state index is 0.154. The Balaban J connectivity index is 1.95. The van der Waals surface area contributed by atoms with E-state index < -0.39 is 23.6 Å². The molecule has 0 radical (unpaired) electrons. The molecule has 2 atom stereocenters. The number of alkyl halides is 3. The minimum atomic E-state index is -4.61. The summed E-state index contributed by atoms with van der Waals surface area (Å²) in [5.74, 6) is -0.943. The quantitative estimate of drug-likeness (QED) is 0.734. The molecule has 3 rings (SSSR count). The summed E-state index contributed by atoms with van der Waals surface area (Å²) < 4.78 is 51.9. The number of hydrazine groups is 2. The maximum atomic E-state index is 13.5. The Morgan fingerprint density at radius 1 is 1.13 bits per heavy atom. The number of thiophene rings is 1. The molecule has 2 heterocycles. The highest BCUT2D eigenvalue weighted by atomic mass is 32.1. The molecule has 2 aromatic rings. The van der Waals surface area contributed by atoms with Crippen molar-refractivity contribution in [3.05, 3.63) is 46.6 Å². The Labute approximate surface area is 132 Å². The molecule has 1 fully saturated rings. The van der Waals surface area contributed by atoms with Gasteiger partial charge in [0.2, 0.25) is 0 Å². The summed E-state index contributed by atoms with van der Waals surface area (Å²) in [6, 6.07) is 6.97. The number of hydrogen-bond donors (Lipinski definition) is 3. The van der Waals surface area contributed by atoms with Crippen LogP contribution in [0, 0.1) is 17.1 Å². The molecular formula is C14H10F4N4S. The first-order chi connectivity index (χ1) is 10.9. The molecule has 1 aromatic heterocycles. The molecule has 120 valence electrons. The standard InChI is InChI=1S/C14H10F4N4S/c15-9-4-7(3-8(5-9)14(16,17)18)11-1-2-12(23-11)13-10(6-19)20-22-21-13/h1-5,10,13,20-22H. The lowest BCUT2D eigenvalue weighted by Gasteiger charge is -2.10. The van der Waals surface area contributed by atoms with Crippen molar-refractivity contribution in [1.29, 1.82) is 5.26 Å². The van der Waals surface area contributed by atoms with Crippen LogP contribution in [-0.2, 0) is 6.18 Å². The summed E-state index contributed by atoms with van der Waals surface area (Å²) in [6.45, 7) is 0. The van der Waals surface area contributed by atoms with Crippen molar-refractivity contribution in [1.82, 2.24) is 16.4 Å². The highest BCUT2D eigenvalue weighted by molar-refractivity contribution is 7.15. The third-order valence-electron chi connectivity index (χ3n) is 3.37. The second kappa shape index (κ2) is 5.90. The fourth-order valence-electron chi connectivity index (χ4n) is 2.28. The highest BCUT2D eigenvalue weighted by Gasteiger charge is 2.32. The van der Waals surface area contributed by atoms with E-state index >= 15 is 0 Å². The summed E-state index contributed by atoms with van der Waals surface area (Å²) in [4.78, 5) is 1.25. The van der Waals surface area contributed by atoms with Crippen LogP contribution >= 0.6 is 11.3 Å². The summed E-state index contributed by atoms with van der Waals surface area (Å²) in [7, 11) is 0. The third-order valence-corrected chi connectivity index (χ3v) is 4.59. The maximum Gasteiger partial charge on any atom is 0.416 e. The monoisotopic (exact) mass is 342 g/mol. The van der Waals surface area contributed by atoms with Gasteiger partial charge in [-0.1, -0.05) is 0 Å². The van der Waals surface area contributed by atoms with Gasteiger partial charge in [0.15, 0.2) is 0 Å². The third kappa shape index (κ3) is 3.20. The van der Waals surface area contributed by atoms with Gasteiger partial charge in [-0.3, -0.25) is 0 Å². The zero-order valence-corrected chi connectivity index (χ0v) is 12.2. The van der Waals surface area contributed by atoms with Gasteiger partial charge < -0.3 is 0 Å². The van der Waals surface area contributed by atoms with Crippen molar-refractivity contribution in [3.63, 3.8) is 0 Å². The fraction of sp³-hybridized carbons (Fsp3) is 0.214. The lowest BCUT2D eigenvalue weighted by atomic mass is 10.1. The van der Waals surface area contributed by atoms with Crippen LogP contribution < -0.4 is 16.4 Å². The smallest absolute Gasteiger partial charge is 0.233 e. The highest BCUT2D eigenvalue weighted by Crippen LogP contribution is 2.37. The Hall–Kier alpha value is -1.99. The number of hydrogen-bond acceptors (Lipinski definition) is 5. The molecule has 3 N–H and O–H groups in total. The van der Waals surface area contributed by atoms with E-state index in [1.165, 1.54) is 11.3 Å². The van der Waals surface area contributed by atoms with Crippen LogP contribution in [0.25, 0.3) is 10.4 Å². The van der Waals surface area contributed by atoms with Crippen molar-refractivity contribution in [2.24, 2.45) is 0 Å². The average molecular weight is 342 g/mol. The molecule has 1 aliphatic rings. The summed E-state index contributed by atoms with van der Waals surface area (Å²) >= 11 is 1.20. The molecule has 0 aliphatic carbocycles. The molecular weight excluding hydrogens is 332 g/mol. The number of nitrogens with one attached hydrogen (secondary N) is 3. The second-order valence-corrected chi connectivity index (χ2v) is 6.04. The zero-order chi connectivity index (χ0) is 16.6. The van der Waals surface area contributed by atoms with Crippen LogP contribution in [0.5, 0.6) is 0 Å². The molecule has 2 unspecified atom stereocenters. The van der Waals surface area contributed by atoms with Gasteiger partial charge in [-0.15, -0.1) is 11.3 Å². The molecule has 1 saturated heterocycles. The van der Waals surface area contributed by atoms with Gasteiger partial charge >= 0.3 is 6.18 Å².